The molecule has 2 rings (SSSR count). The Bertz CT molecular complexity index is 458. The van der Waals surface area contributed by atoms with Gasteiger partial charge in [0, 0.05) is 24.5 Å². The van der Waals surface area contributed by atoms with Gasteiger partial charge in [0.25, 0.3) is 5.91 Å². The Kier molecular flexibility index (Phi) is 5.64. The summed E-state index contributed by atoms with van der Waals surface area (Å²) < 4.78 is 1.84. The first-order chi connectivity index (χ1) is 9.71. The highest BCUT2D eigenvalue weighted by Crippen LogP contribution is 2.21. The molecule has 4 nitrogen and oxygen atoms in total. The van der Waals surface area contributed by atoms with E-state index in [0.717, 1.165) is 49.1 Å². The molecule has 0 saturated carbocycles. The normalized spacial score (nSPS) is 19.9. The molecule has 1 amide bonds. The number of alkyl halides is 1. The molecule has 1 saturated heterocycles. The molecular weight excluding hydrogens is 318 g/mol. The molecule has 0 aromatic carbocycles. The van der Waals surface area contributed by atoms with Crippen molar-refractivity contribution in [3.05, 3.63) is 17.5 Å². The summed E-state index contributed by atoms with van der Waals surface area (Å²) in [5.74, 6) is 0.144. The maximum atomic E-state index is 12.9. The minimum atomic E-state index is 0.144. The van der Waals surface area contributed by atoms with E-state index < -0.39 is 0 Å². The van der Waals surface area contributed by atoms with E-state index in [4.69, 9.17) is 0 Å². The molecular formula is C15H24BrN3O. The van der Waals surface area contributed by atoms with Crippen LogP contribution in [0, 0.1) is 0 Å². The van der Waals surface area contributed by atoms with Crippen molar-refractivity contribution >= 4 is 21.8 Å². The molecule has 1 aromatic heterocycles. The van der Waals surface area contributed by atoms with Gasteiger partial charge < -0.3 is 4.90 Å². The third kappa shape index (κ3) is 3.25. The molecule has 0 radical (unpaired) electrons. The van der Waals surface area contributed by atoms with Crippen molar-refractivity contribution in [3.63, 3.8) is 0 Å². The fourth-order valence-electron chi connectivity index (χ4n) is 2.81. The van der Waals surface area contributed by atoms with E-state index in [1.165, 1.54) is 12.8 Å². The maximum absolute atomic E-state index is 12.9. The van der Waals surface area contributed by atoms with E-state index in [0.29, 0.717) is 6.04 Å². The van der Waals surface area contributed by atoms with Gasteiger partial charge in [-0.15, -0.1) is 0 Å². The number of carbonyl (C=O) groups excluding carboxylic acids is 1. The van der Waals surface area contributed by atoms with Crippen molar-refractivity contribution < 1.29 is 4.79 Å². The van der Waals surface area contributed by atoms with Gasteiger partial charge in [-0.1, -0.05) is 35.7 Å². The van der Waals surface area contributed by atoms with Crippen LogP contribution in [0.1, 0.15) is 55.7 Å². The average Bonchev–Trinajstić information content (AvgIpc) is 2.75. The number of likely N-dealkylation sites (tertiary alicyclic amines) is 1. The number of carbonyl (C=O) groups is 1. The van der Waals surface area contributed by atoms with E-state index in [1.54, 1.807) is 0 Å². The number of hydrogen-bond donors (Lipinski definition) is 0. The average molecular weight is 342 g/mol. The van der Waals surface area contributed by atoms with Crippen molar-refractivity contribution in [2.45, 2.75) is 58.5 Å². The molecule has 1 aromatic rings. The first-order valence-electron chi connectivity index (χ1n) is 7.64. The third-order valence-corrected chi connectivity index (χ3v) is 4.77. The van der Waals surface area contributed by atoms with Crippen molar-refractivity contribution in [1.29, 1.82) is 0 Å². The van der Waals surface area contributed by atoms with Crippen LogP contribution in [0.15, 0.2) is 6.07 Å². The van der Waals surface area contributed by atoms with Crippen LogP contribution < -0.4 is 0 Å². The number of aryl methyl sites for hydroxylation is 2. The van der Waals surface area contributed by atoms with Gasteiger partial charge in [0.1, 0.15) is 5.69 Å². The van der Waals surface area contributed by atoms with Gasteiger partial charge >= 0.3 is 0 Å². The third-order valence-electron chi connectivity index (χ3n) is 4.03. The van der Waals surface area contributed by atoms with Gasteiger partial charge in [0.05, 0.1) is 5.69 Å². The van der Waals surface area contributed by atoms with Crippen molar-refractivity contribution in [3.8, 4) is 0 Å². The SMILES string of the molecule is CCc1cc(C(=O)N2CCCCCC2CBr)n(CC)n1. The molecule has 1 unspecified atom stereocenters. The largest absolute Gasteiger partial charge is 0.334 e. The van der Waals surface area contributed by atoms with Crippen LogP contribution in [-0.2, 0) is 13.0 Å². The molecule has 0 bridgehead atoms. The predicted molar refractivity (Wildman–Crippen MR) is 84.4 cm³/mol. The molecule has 0 aliphatic carbocycles. The Balaban J connectivity index is 2.26. The minimum absolute atomic E-state index is 0.144. The highest BCUT2D eigenvalue weighted by Gasteiger charge is 2.27. The van der Waals surface area contributed by atoms with Crippen LogP contribution in [0.3, 0.4) is 0 Å². The minimum Gasteiger partial charge on any atom is -0.334 e. The smallest absolute Gasteiger partial charge is 0.272 e. The summed E-state index contributed by atoms with van der Waals surface area (Å²) in [5, 5.41) is 5.36. The Hall–Kier alpha value is -0.840. The Morgan fingerprint density at radius 3 is 2.85 bits per heavy atom. The lowest BCUT2D eigenvalue weighted by molar-refractivity contribution is 0.0689. The van der Waals surface area contributed by atoms with E-state index in [1.807, 2.05) is 22.6 Å². The van der Waals surface area contributed by atoms with Crippen molar-refractivity contribution in [2.24, 2.45) is 0 Å². The lowest BCUT2D eigenvalue weighted by Gasteiger charge is -2.28. The first-order valence-corrected chi connectivity index (χ1v) is 8.77. The Morgan fingerprint density at radius 2 is 2.20 bits per heavy atom. The Morgan fingerprint density at radius 1 is 1.40 bits per heavy atom. The number of nitrogens with zero attached hydrogens (tertiary/aromatic N) is 3. The van der Waals surface area contributed by atoms with E-state index in [9.17, 15) is 4.79 Å². The highest BCUT2D eigenvalue weighted by molar-refractivity contribution is 9.09. The molecule has 5 heteroatoms. The molecule has 20 heavy (non-hydrogen) atoms. The predicted octanol–water partition coefficient (Wildman–Crippen LogP) is 3.25. The van der Waals surface area contributed by atoms with Crippen LogP contribution in [0.2, 0.25) is 0 Å². The maximum Gasteiger partial charge on any atom is 0.272 e. The van der Waals surface area contributed by atoms with Gasteiger partial charge in [-0.3, -0.25) is 9.48 Å². The number of hydrogen-bond acceptors (Lipinski definition) is 2. The summed E-state index contributed by atoms with van der Waals surface area (Å²) in [6.45, 7) is 5.72. The summed E-state index contributed by atoms with van der Waals surface area (Å²) >= 11 is 3.57. The molecule has 1 aliphatic rings. The fraction of sp³-hybridized carbons (Fsp3) is 0.733. The molecule has 0 N–H and O–H groups in total. The monoisotopic (exact) mass is 341 g/mol. The molecule has 1 aliphatic heterocycles. The van der Waals surface area contributed by atoms with Crippen LogP contribution >= 0.6 is 15.9 Å². The van der Waals surface area contributed by atoms with Gasteiger partial charge in [0.15, 0.2) is 0 Å². The standard InChI is InChI=1S/C15H24BrN3O/c1-3-12-10-14(19(4-2)17-12)15(20)18-9-7-5-6-8-13(18)11-16/h10,13H,3-9,11H2,1-2H3. The van der Waals surface area contributed by atoms with Gasteiger partial charge in [-0.2, -0.15) is 5.10 Å². The van der Waals surface area contributed by atoms with Gasteiger partial charge in [0.2, 0.25) is 0 Å². The van der Waals surface area contributed by atoms with E-state index in [2.05, 4.69) is 28.0 Å². The molecule has 112 valence electrons. The fourth-order valence-corrected chi connectivity index (χ4v) is 3.48. The molecule has 0 spiro atoms. The number of amides is 1. The second-order valence-electron chi connectivity index (χ2n) is 5.35. The second-order valence-corrected chi connectivity index (χ2v) is 5.99. The van der Waals surface area contributed by atoms with Crippen LogP contribution in [0.5, 0.6) is 0 Å². The lowest BCUT2D eigenvalue weighted by Crippen LogP contribution is -2.41. The van der Waals surface area contributed by atoms with Crippen LogP contribution in [0.4, 0.5) is 0 Å². The number of halogens is 1. The second kappa shape index (κ2) is 7.25. The zero-order valence-electron chi connectivity index (χ0n) is 12.4. The van der Waals surface area contributed by atoms with Gasteiger partial charge in [-0.05, 0) is 32.3 Å². The zero-order valence-corrected chi connectivity index (χ0v) is 14.0. The topological polar surface area (TPSA) is 38.1 Å². The van der Waals surface area contributed by atoms with E-state index >= 15 is 0 Å². The summed E-state index contributed by atoms with van der Waals surface area (Å²) in [6, 6.07) is 2.28. The Labute approximate surface area is 129 Å². The summed E-state index contributed by atoms with van der Waals surface area (Å²) in [6.07, 6.45) is 5.51. The number of aromatic nitrogens is 2. The van der Waals surface area contributed by atoms with Gasteiger partial charge in [-0.25, -0.2) is 0 Å². The summed E-state index contributed by atoms with van der Waals surface area (Å²) in [7, 11) is 0. The highest BCUT2D eigenvalue weighted by atomic mass is 79.9. The quantitative estimate of drug-likeness (QED) is 0.788. The van der Waals surface area contributed by atoms with Crippen molar-refractivity contribution in [2.75, 3.05) is 11.9 Å². The van der Waals surface area contributed by atoms with Crippen LogP contribution in [-0.4, -0.2) is 38.5 Å². The number of rotatable bonds is 4. The zero-order chi connectivity index (χ0) is 14.5. The first kappa shape index (κ1) is 15.5. The summed E-state index contributed by atoms with van der Waals surface area (Å²) in [5.41, 5.74) is 1.75. The molecule has 2 heterocycles. The van der Waals surface area contributed by atoms with E-state index in [-0.39, 0.29) is 5.91 Å². The van der Waals surface area contributed by atoms with Crippen LogP contribution in [0.25, 0.3) is 0 Å². The molecule has 1 atom stereocenters. The lowest BCUT2D eigenvalue weighted by atomic mass is 10.1. The van der Waals surface area contributed by atoms with Crippen molar-refractivity contribution in [1.82, 2.24) is 14.7 Å². The molecule has 1 fully saturated rings. The summed E-state index contributed by atoms with van der Waals surface area (Å²) in [4.78, 5) is 14.9.